The Balaban J connectivity index is 1.34. The van der Waals surface area contributed by atoms with Crippen LogP contribution in [0.3, 0.4) is 0 Å². The van der Waals surface area contributed by atoms with Gasteiger partial charge in [0, 0.05) is 5.92 Å². The Morgan fingerprint density at radius 1 is 0.848 bits per heavy atom. The molecule has 2 heterocycles. The van der Waals surface area contributed by atoms with Gasteiger partial charge < -0.3 is 23.7 Å². The van der Waals surface area contributed by atoms with Crippen LogP contribution in [-0.4, -0.2) is 20.0 Å². The maximum Gasteiger partial charge on any atom is 0.231 e. The van der Waals surface area contributed by atoms with Gasteiger partial charge in [0.15, 0.2) is 23.0 Å². The molecule has 2 aliphatic heterocycles. The zero-order valence-electron chi connectivity index (χ0n) is 18.8. The topological polar surface area (TPSA) is 46.2 Å². The summed E-state index contributed by atoms with van der Waals surface area (Å²) in [6, 6.07) is 20.6. The molecular weight excluding hydrogens is 416 g/mol. The van der Waals surface area contributed by atoms with Gasteiger partial charge in [-0.2, -0.15) is 0 Å². The van der Waals surface area contributed by atoms with E-state index in [4.69, 9.17) is 23.7 Å². The van der Waals surface area contributed by atoms with E-state index in [9.17, 15) is 0 Å². The Bertz CT molecular complexity index is 1140. The first-order chi connectivity index (χ1) is 16.3. The normalized spacial score (nSPS) is 22.9. The number of methoxy groups -OCH3 is 1. The van der Waals surface area contributed by atoms with Crippen LogP contribution in [0.2, 0.25) is 0 Å². The van der Waals surface area contributed by atoms with Crippen LogP contribution in [0, 0.1) is 0 Å². The molecule has 3 aliphatic rings. The Morgan fingerprint density at radius 3 is 2.45 bits per heavy atom. The fraction of sp³-hybridized carbons (Fsp3) is 0.357. The van der Waals surface area contributed by atoms with E-state index in [1.807, 2.05) is 30.3 Å². The molecule has 3 aromatic carbocycles. The molecular formula is C28H28O5. The van der Waals surface area contributed by atoms with Crippen molar-refractivity contribution < 1.29 is 23.7 Å². The Morgan fingerprint density at radius 2 is 1.64 bits per heavy atom. The van der Waals surface area contributed by atoms with Gasteiger partial charge in [-0.15, -0.1) is 0 Å². The van der Waals surface area contributed by atoms with E-state index >= 15 is 0 Å². The van der Waals surface area contributed by atoms with Crippen LogP contribution in [0.4, 0.5) is 0 Å². The van der Waals surface area contributed by atoms with Crippen molar-refractivity contribution in [3.05, 3.63) is 82.9 Å². The van der Waals surface area contributed by atoms with Crippen LogP contribution < -0.4 is 18.9 Å². The summed E-state index contributed by atoms with van der Waals surface area (Å²) in [5, 5.41) is 0. The minimum absolute atomic E-state index is 0.175. The number of hydrogen-bond donors (Lipinski definition) is 0. The molecule has 3 atom stereocenters. The molecule has 1 saturated carbocycles. The SMILES string of the molecule is COc1cc([C@@H]2O[C@H]3CCCC[C@@H]3c3cc4c(cc32)OCO4)ccc1OCc1ccccc1. The molecule has 0 aromatic heterocycles. The molecule has 1 aliphatic carbocycles. The lowest BCUT2D eigenvalue weighted by Crippen LogP contribution is -2.33. The van der Waals surface area contributed by atoms with Crippen molar-refractivity contribution in [2.75, 3.05) is 13.9 Å². The Kier molecular flexibility index (Phi) is 5.35. The molecule has 0 spiro atoms. The van der Waals surface area contributed by atoms with Crippen molar-refractivity contribution in [3.8, 4) is 23.0 Å². The van der Waals surface area contributed by atoms with Crippen molar-refractivity contribution in [2.24, 2.45) is 0 Å². The highest BCUT2D eigenvalue weighted by Gasteiger charge is 2.39. The van der Waals surface area contributed by atoms with Crippen LogP contribution in [-0.2, 0) is 11.3 Å². The summed E-state index contributed by atoms with van der Waals surface area (Å²) in [5.41, 5.74) is 4.68. The van der Waals surface area contributed by atoms with Crippen molar-refractivity contribution in [1.29, 1.82) is 0 Å². The Labute approximate surface area is 194 Å². The number of hydrogen-bond acceptors (Lipinski definition) is 5. The lowest BCUT2D eigenvalue weighted by atomic mass is 9.76. The smallest absolute Gasteiger partial charge is 0.231 e. The van der Waals surface area contributed by atoms with Gasteiger partial charge in [0.05, 0.1) is 13.2 Å². The summed E-state index contributed by atoms with van der Waals surface area (Å²) >= 11 is 0. The van der Waals surface area contributed by atoms with E-state index in [2.05, 4.69) is 30.3 Å². The number of ether oxygens (including phenoxy) is 5. The van der Waals surface area contributed by atoms with E-state index in [0.717, 1.165) is 41.2 Å². The van der Waals surface area contributed by atoms with Crippen LogP contribution in [0.15, 0.2) is 60.7 Å². The summed E-state index contributed by atoms with van der Waals surface area (Å²) in [6.45, 7) is 0.770. The lowest BCUT2D eigenvalue weighted by molar-refractivity contribution is -0.0390. The molecule has 0 saturated heterocycles. The fourth-order valence-electron chi connectivity index (χ4n) is 5.35. The first kappa shape index (κ1) is 20.4. The average Bonchev–Trinajstić information content (AvgIpc) is 3.34. The molecule has 6 rings (SSSR count). The second kappa shape index (κ2) is 8.64. The average molecular weight is 445 g/mol. The third kappa shape index (κ3) is 3.80. The summed E-state index contributed by atoms with van der Waals surface area (Å²) in [4.78, 5) is 0. The van der Waals surface area contributed by atoms with Gasteiger partial charge in [-0.25, -0.2) is 0 Å². The van der Waals surface area contributed by atoms with Crippen LogP contribution in [0.5, 0.6) is 23.0 Å². The largest absolute Gasteiger partial charge is 0.493 e. The van der Waals surface area contributed by atoms with Gasteiger partial charge in [-0.3, -0.25) is 0 Å². The van der Waals surface area contributed by atoms with Crippen molar-refractivity contribution in [2.45, 2.75) is 50.4 Å². The Hall–Kier alpha value is -3.18. The first-order valence-corrected chi connectivity index (χ1v) is 11.7. The molecule has 3 aromatic rings. The minimum Gasteiger partial charge on any atom is -0.493 e. The van der Waals surface area contributed by atoms with E-state index < -0.39 is 0 Å². The van der Waals surface area contributed by atoms with Crippen LogP contribution in [0.1, 0.15) is 60.0 Å². The lowest BCUT2D eigenvalue weighted by Gasteiger charge is -2.41. The van der Waals surface area contributed by atoms with Gasteiger partial charge in [0.1, 0.15) is 12.7 Å². The highest BCUT2D eigenvalue weighted by atomic mass is 16.7. The summed E-state index contributed by atoms with van der Waals surface area (Å²) < 4.78 is 29.9. The number of rotatable bonds is 5. The third-order valence-corrected chi connectivity index (χ3v) is 7.00. The predicted octanol–water partition coefficient (Wildman–Crippen LogP) is 6.15. The molecule has 5 nitrogen and oxygen atoms in total. The van der Waals surface area contributed by atoms with E-state index in [-0.39, 0.29) is 19.0 Å². The highest BCUT2D eigenvalue weighted by Crippen LogP contribution is 2.51. The van der Waals surface area contributed by atoms with Gasteiger partial charge in [-0.05, 0) is 59.4 Å². The van der Waals surface area contributed by atoms with E-state index in [0.29, 0.717) is 18.3 Å². The maximum absolute atomic E-state index is 6.74. The van der Waals surface area contributed by atoms with Crippen LogP contribution >= 0.6 is 0 Å². The van der Waals surface area contributed by atoms with Crippen molar-refractivity contribution in [1.82, 2.24) is 0 Å². The zero-order valence-corrected chi connectivity index (χ0v) is 18.8. The molecule has 0 radical (unpaired) electrons. The summed E-state index contributed by atoms with van der Waals surface area (Å²) in [7, 11) is 1.68. The molecule has 33 heavy (non-hydrogen) atoms. The van der Waals surface area contributed by atoms with E-state index in [1.165, 1.54) is 24.0 Å². The number of fused-ring (bicyclic) bond motifs is 4. The molecule has 0 amide bonds. The van der Waals surface area contributed by atoms with Gasteiger partial charge in [0.25, 0.3) is 0 Å². The van der Waals surface area contributed by atoms with Gasteiger partial charge >= 0.3 is 0 Å². The highest BCUT2D eigenvalue weighted by molar-refractivity contribution is 5.54. The van der Waals surface area contributed by atoms with Crippen LogP contribution in [0.25, 0.3) is 0 Å². The van der Waals surface area contributed by atoms with E-state index in [1.54, 1.807) is 7.11 Å². The third-order valence-electron chi connectivity index (χ3n) is 7.00. The van der Waals surface area contributed by atoms with Crippen molar-refractivity contribution in [3.63, 3.8) is 0 Å². The fourth-order valence-corrected chi connectivity index (χ4v) is 5.35. The molecule has 170 valence electrons. The molecule has 0 N–H and O–H groups in total. The minimum atomic E-state index is -0.175. The second-order valence-electron chi connectivity index (χ2n) is 8.96. The summed E-state index contributed by atoms with van der Waals surface area (Å²) in [5.74, 6) is 3.49. The predicted molar refractivity (Wildman–Crippen MR) is 124 cm³/mol. The van der Waals surface area contributed by atoms with Gasteiger partial charge in [0.2, 0.25) is 6.79 Å². The standard InChI is InChI=1S/C28H28O5/c1-29-25-13-19(11-12-24(25)30-16-18-7-3-2-4-8-18)28-22-15-27-26(31-17-32-27)14-21(22)20-9-5-6-10-23(20)33-28/h2-4,7-8,11-15,20,23,28H,5-6,9-10,16-17H2,1H3/t20-,23+,28+/m1/s1. The monoisotopic (exact) mass is 444 g/mol. The second-order valence-corrected chi connectivity index (χ2v) is 8.96. The maximum atomic E-state index is 6.74. The first-order valence-electron chi connectivity index (χ1n) is 11.7. The quantitative estimate of drug-likeness (QED) is 0.472. The zero-order chi connectivity index (χ0) is 22.2. The molecule has 0 bridgehead atoms. The van der Waals surface area contributed by atoms with Crippen molar-refractivity contribution >= 4 is 0 Å². The molecule has 1 fully saturated rings. The van der Waals surface area contributed by atoms with Gasteiger partial charge in [-0.1, -0.05) is 49.2 Å². The number of benzene rings is 3. The summed E-state index contributed by atoms with van der Waals surface area (Å²) in [6.07, 6.45) is 4.74. The molecule has 5 heteroatoms. The molecule has 0 unspecified atom stereocenters.